The van der Waals surface area contributed by atoms with E-state index in [9.17, 15) is 8.78 Å². The maximum atomic E-state index is 14.0. The largest absolute Gasteiger partial charge is 0.351 e. The van der Waals surface area contributed by atoms with Crippen molar-refractivity contribution in [2.75, 3.05) is 16.8 Å². The monoisotopic (exact) mass is 457 g/mol. The van der Waals surface area contributed by atoms with Crippen LogP contribution in [0.4, 0.5) is 26.1 Å². The molecule has 1 aliphatic heterocycles. The zero-order valence-corrected chi connectivity index (χ0v) is 18.2. The van der Waals surface area contributed by atoms with Gasteiger partial charge in [0.15, 0.2) is 0 Å². The summed E-state index contributed by atoms with van der Waals surface area (Å²) in [6, 6.07) is 11.0. The molecular weight excluding hydrogens is 436 g/mol. The van der Waals surface area contributed by atoms with Crippen LogP contribution in [-0.2, 0) is 6.54 Å². The van der Waals surface area contributed by atoms with Gasteiger partial charge in [0.25, 0.3) is 0 Å². The van der Waals surface area contributed by atoms with Crippen molar-refractivity contribution in [3.05, 3.63) is 84.2 Å². The Bertz CT molecular complexity index is 1560. The van der Waals surface area contributed by atoms with Crippen LogP contribution >= 0.6 is 0 Å². The van der Waals surface area contributed by atoms with Crippen molar-refractivity contribution in [1.82, 2.24) is 24.9 Å². The summed E-state index contributed by atoms with van der Waals surface area (Å²) in [5.74, 6) is 0.662. The number of aromatic nitrogens is 5. The highest BCUT2D eigenvalue weighted by Gasteiger charge is 2.26. The zero-order valence-electron chi connectivity index (χ0n) is 18.2. The molecule has 170 valence electrons. The number of hydrogen-bond donors (Lipinski definition) is 1. The second-order valence-electron chi connectivity index (χ2n) is 8.42. The normalized spacial score (nSPS) is 15.5. The summed E-state index contributed by atoms with van der Waals surface area (Å²) < 4.78 is 27.8. The molecular formula is C25H21F2N7. The number of benzene rings is 2. The standard InChI is InChI=1S/C25H19F2N7.H2/c1-14-10-34(25-20-8-17(27)3-5-22(20)30-13-32-25)11-15-6-18(9-28-23(14)15)33-24-19-7-16(26)2-4-21(19)29-12-31-24;/h2-9,12-14H,10-11H2,1H3,(H,29,31,33);1H. The fourth-order valence-corrected chi connectivity index (χ4v) is 4.54. The fraction of sp³-hybridized carbons (Fsp3) is 0.160. The fourth-order valence-electron chi connectivity index (χ4n) is 4.54. The lowest BCUT2D eigenvalue weighted by atomic mass is 9.96. The average Bonchev–Trinajstić information content (AvgIpc) is 2.84. The van der Waals surface area contributed by atoms with E-state index in [4.69, 9.17) is 4.98 Å². The molecule has 0 saturated carbocycles. The third-order valence-corrected chi connectivity index (χ3v) is 6.06. The van der Waals surface area contributed by atoms with Gasteiger partial charge in [-0.2, -0.15) is 0 Å². The molecule has 3 aromatic heterocycles. The van der Waals surface area contributed by atoms with Gasteiger partial charge in [-0.05, 0) is 48.0 Å². The predicted octanol–water partition coefficient (Wildman–Crippen LogP) is 5.36. The van der Waals surface area contributed by atoms with E-state index in [1.807, 2.05) is 6.07 Å². The molecule has 1 unspecified atom stereocenters. The van der Waals surface area contributed by atoms with Crippen molar-refractivity contribution in [3.63, 3.8) is 0 Å². The van der Waals surface area contributed by atoms with Gasteiger partial charge >= 0.3 is 0 Å². The highest BCUT2D eigenvalue weighted by atomic mass is 19.1. The minimum atomic E-state index is -0.355. The molecule has 0 spiro atoms. The van der Waals surface area contributed by atoms with Crippen molar-refractivity contribution < 1.29 is 10.2 Å². The van der Waals surface area contributed by atoms with Gasteiger partial charge in [0.1, 0.15) is 35.9 Å². The number of nitrogens with zero attached hydrogens (tertiary/aromatic N) is 6. The first-order valence-corrected chi connectivity index (χ1v) is 10.9. The number of fused-ring (bicyclic) bond motifs is 3. The van der Waals surface area contributed by atoms with Crippen molar-refractivity contribution >= 4 is 39.1 Å². The van der Waals surface area contributed by atoms with Gasteiger partial charge in [-0.1, -0.05) is 6.92 Å². The molecule has 0 saturated heterocycles. The molecule has 0 radical (unpaired) electrons. The number of hydrogen-bond acceptors (Lipinski definition) is 7. The highest BCUT2D eigenvalue weighted by Crippen LogP contribution is 2.34. The molecule has 34 heavy (non-hydrogen) atoms. The summed E-state index contributed by atoms with van der Waals surface area (Å²) in [7, 11) is 0. The molecule has 0 amide bonds. The first-order chi connectivity index (χ1) is 16.5. The van der Waals surface area contributed by atoms with Crippen LogP contribution in [0.5, 0.6) is 0 Å². The Morgan fingerprint density at radius 3 is 2.38 bits per heavy atom. The lowest BCUT2D eigenvalue weighted by Crippen LogP contribution is -2.34. The third kappa shape index (κ3) is 3.55. The quantitative estimate of drug-likeness (QED) is 0.391. The van der Waals surface area contributed by atoms with E-state index in [1.165, 1.54) is 36.9 Å². The second kappa shape index (κ2) is 7.95. The second-order valence-corrected chi connectivity index (χ2v) is 8.42. The summed E-state index contributed by atoms with van der Waals surface area (Å²) in [5.41, 5.74) is 4.10. The number of rotatable bonds is 3. The van der Waals surface area contributed by atoms with E-state index >= 15 is 0 Å². The summed E-state index contributed by atoms with van der Waals surface area (Å²) >= 11 is 0. The van der Waals surface area contributed by atoms with Crippen LogP contribution in [0.2, 0.25) is 0 Å². The van der Waals surface area contributed by atoms with Gasteiger partial charge in [0, 0.05) is 31.2 Å². The van der Waals surface area contributed by atoms with Crippen LogP contribution in [0.25, 0.3) is 21.8 Å². The molecule has 9 heteroatoms. The van der Waals surface area contributed by atoms with Crippen LogP contribution in [0.3, 0.4) is 0 Å². The van der Waals surface area contributed by atoms with Crippen LogP contribution < -0.4 is 10.2 Å². The molecule has 4 heterocycles. The topological polar surface area (TPSA) is 79.7 Å². The van der Waals surface area contributed by atoms with Gasteiger partial charge in [-0.3, -0.25) is 4.98 Å². The van der Waals surface area contributed by atoms with E-state index in [0.29, 0.717) is 46.5 Å². The average molecular weight is 457 g/mol. The first kappa shape index (κ1) is 20.3. The predicted molar refractivity (Wildman–Crippen MR) is 128 cm³/mol. The maximum absolute atomic E-state index is 14.0. The lowest BCUT2D eigenvalue weighted by molar-refractivity contribution is 0.615. The van der Waals surface area contributed by atoms with Crippen LogP contribution in [-0.4, -0.2) is 31.5 Å². The highest BCUT2D eigenvalue weighted by molar-refractivity contribution is 5.91. The van der Waals surface area contributed by atoms with Crippen molar-refractivity contribution in [2.45, 2.75) is 19.4 Å². The van der Waals surface area contributed by atoms with Crippen LogP contribution in [0, 0.1) is 11.6 Å². The zero-order chi connectivity index (χ0) is 23.2. The summed E-state index contributed by atoms with van der Waals surface area (Å²) in [6.07, 6.45) is 4.70. The Kier molecular flexibility index (Phi) is 4.75. The molecule has 2 aromatic carbocycles. The Morgan fingerprint density at radius 1 is 0.882 bits per heavy atom. The van der Waals surface area contributed by atoms with E-state index < -0.39 is 0 Å². The summed E-state index contributed by atoms with van der Waals surface area (Å²) in [6.45, 7) is 3.37. The smallest absolute Gasteiger partial charge is 0.141 e. The number of anilines is 3. The van der Waals surface area contributed by atoms with E-state index in [2.05, 4.69) is 37.1 Å². The summed E-state index contributed by atoms with van der Waals surface area (Å²) in [4.78, 5) is 24.1. The van der Waals surface area contributed by atoms with Crippen molar-refractivity contribution in [3.8, 4) is 0 Å². The van der Waals surface area contributed by atoms with Gasteiger partial charge < -0.3 is 10.2 Å². The summed E-state index contributed by atoms with van der Waals surface area (Å²) in [5, 5.41) is 4.52. The Morgan fingerprint density at radius 2 is 1.59 bits per heavy atom. The molecule has 0 bridgehead atoms. The van der Waals surface area contributed by atoms with Gasteiger partial charge in [0.2, 0.25) is 0 Å². The van der Waals surface area contributed by atoms with Crippen LogP contribution in [0.1, 0.15) is 25.5 Å². The molecule has 7 nitrogen and oxygen atoms in total. The van der Waals surface area contributed by atoms with E-state index in [0.717, 1.165) is 16.9 Å². The van der Waals surface area contributed by atoms with Crippen LogP contribution in [0.15, 0.2) is 61.3 Å². The van der Waals surface area contributed by atoms with Crippen molar-refractivity contribution in [2.24, 2.45) is 0 Å². The molecule has 1 N–H and O–H groups in total. The molecule has 6 rings (SSSR count). The van der Waals surface area contributed by atoms with Gasteiger partial charge in [-0.25, -0.2) is 28.7 Å². The maximum Gasteiger partial charge on any atom is 0.141 e. The molecule has 1 aliphatic rings. The van der Waals surface area contributed by atoms with E-state index in [1.54, 1.807) is 18.3 Å². The Hall–Kier alpha value is -4.27. The molecule has 1 atom stereocenters. The van der Waals surface area contributed by atoms with Crippen molar-refractivity contribution in [1.29, 1.82) is 0 Å². The first-order valence-electron chi connectivity index (χ1n) is 10.9. The SMILES string of the molecule is CC1CN(c2ncnc3ccc(F)cc23)Cc2cc(Nc3ncnc4ccc(F)cc34)cnc21.[HH]. The molecule has 0 aliphatic carbocycles. The third-order valence-electron chi connectivity index (χ3n) is 6.06. The minimum Gasteiger partial charge on any atom is -0.351 e. The molecule has 5 aromatic rings. The molecule has 0 fully saturated rings. The number of nitrogens with one attached hydrogen (secondary N) is 1. The Balaban J connectivity index is 0.00000253. The lowest BCUT2D eigenvalue weighted by Gasteiger charge is -2.33. The van der Waals surface area contributed by atoms with E-state index in [-0.39, 0.29) is 19.0 Å². The number of halogens is 2. The van der Waals surface area contributed by atoms with Gasteiger partial charge in [-0.15, -0.1) is 0 Å². The minimum absolute atomic E-state index is 0. The Labute approximate surface area is 195 Å². The number of pyridine rings is 1. The van der Waals surface area contributed by atoms with Gasteiger partial charge in [0.05, 0.1) is 28.6 Å².